The highest BCUT2D eigenvalue weighted by atomic mass is 16.5. The molecule has 0 spiro atoms. The van der Waals surface area contributed by atoms with Gasteiger partial charge in [0.1, 0.15) is 5.75 Å². The summed E-state index contributed by atoms with van der Waals surface area (Å²) in [5.74, 6) is 0.797. The minimum absolute atomic E-state index is 0.0154. The number of piperidine rings is 1. The molecule has 1 saturated heterocycles. The van der Waals surface area contributed by atoms with Gasteiger partial charge >= 0.3 is 0 Å². The molecule has 2 aliphatic rings. The lowest BCUT2D eigenvalue weighted by atomic mass is 9.69. The third-order valence-corrected chi connectivity index (χ3v) is 7.37. The highest BCUT2D eigenvalue weighted by molar-refractivity contribution is 5.80. The van der Waals surface area contributed by atoms with Crippen LogP contribution in [0.3, 0.4) is 0 Å². The third-order valence-electron chi connectivity index (χ3n) is 7.37. The number of para-hydroxylation sites is 1. The number of benzene rings is 2. The standard InChI is InChI=1S/C28H36N2O3/c1-22-9-8-10-24(19-22)28(15-6-3-7-16-28)21-29-27(32)23-13-17-30(18-14-23)26(31)20-33-25-11-4-2-5-12-25/h2,4-5,8-12,19,23H,3,6-7,13-18,20-21H2,1H3,(H,29,32). The van der Waals surface area contributed by atoms with Gasteiger partial charge in [-0.05, 0) is 50.3 Å². The molecule has 2 fully saturated rings. The molecule has 1 N–H and O–H groups in total. The van der Waals surface area contributed by atoms with E-state index in [0.29, 0.717) is 38.2 Å². The second-order valence-electron chi connectivity index (χ2n) is 9.69. The molecule has 2 aromatic carbocycles. The molecule has 1 aliphatic carbocycles. The molecule has 4 rings (SSSR count). The monoisotopic (exact) mass is 448 g/mol. The number of carbonyl (C=O) groups excluding carboxylic acids is 2. The smallest absolute Gasteiger partial charge is 0.260 e. The van der Waals surface area contributed by atoms with Gasteiger partial charge in [-0.1, -0.05) is 67.3 Å². The quantitative estimate of drug-likeness (QED) is 0.672. The topological polar surface area (TPSA) is 58.6 Å². The Kier molecular flexibility index (Phi) is 7.69. The van der Waals surface area contributed by atoms with Crippen molar-refractivity contribution in [3.8, 4) is 5.75 Å². The van der Waals surface area contributed by atoms with E-state index in [9.17, 15) is 9.59 Å². The molecule has 2 amide bonds. The first-order chi connectivity index (χ1) is 16.1. The summed E-state index contributed by atoms with van der Waals surface area (Å²) in [6.45, 7) is 4.11. The summed E-state index contributed by atoms with van der Waals surface area (Å²) in [6, 6.07) is 18.2. The van der Waals surface area contributed by atoms with Crippen LogP contribution in [-0.4, -0.2) is 43.0 Å². The van der Waals surface area contributed by atoms with Crippen molar-refractivity contribution in [2.75, 3.05) is 26.2 Å². The summed E-state index contributed by atoms with van der Waals surface area (Å²) in [5.41, 5.74) is 2.68. The van der Waals surface area contributed by atoms with Gasteiger partial charge in [-0.2, -0.15) is 0 Å². The molecule has 1 heterocycles. The Bertz CT molecular complexity index is 929. The maximum atomic E-state index is 13.0. The van der Waals surface area contributed by atoms with Crippen molar-refractivity contribution < 1.29 is 14.3 Å². The van der Waals surface area contributed by atoms with Gasteiger partial charge in [-0.15, -0.1) is 0 Å². The fourth-order valence-electron chi connectivity index (χ4n) is 5.32. The fourth-order valence-corrected chi connectivity index (χ4v) is 5.32. The van der Waals surface area contributed by atoms with Crippen molar-refractivity contribution in [3.05, 3.63) is 65.7 Å². The normalized spacial score (nSPS) is 18.5. The highest BCUT2D eigenvalue weighted by Gasteiger charge is 2.35. The van der Waals surface area contributed by atoms with Gasteiger partial charge < -0.3 is 15.0 Å². The molecule has 2 aromatic rings. The van der Waals surface area contributed by atoms with E-state index >= 15 is 0 Å². The molecule has 33 heavy (non-hydrogen) atoms. The summed E-state index contributed by atoms with van der Waals surface area (Å²) in [6.07, 6.45) is 7.39. The van der Waals surface area contributed by atoms with Crippen molar-refractivity contribution >= 4 is 11.8 Å². The predicted octanol–water partition coefficient (Wildman–Crippen LogP) is 4.63. The van der Waals surface area contributed by atoms with Crippen LogP contribution in [0, 0.1) is 12.8 Å². The van der Waals surface area contributed by atoms with E-state index in [1.807, 2.05) is 35.2 Å². The molecule has 5 heteroatoms. The number of rotatable bonds is 7. The average Bonchev–Trinajstić information content (AvgIpc) is 2.87. The first-order valence-corrected chi connectivity index (χ1v) is 12.4. The van der Waals surface area contributed by atoms with Gasteiger partial charge in [0.05, 0.1) is 0 Å². The summed E-state index contributed by atoms with van der Waals surface area (Å²) in [5, 5.41) is 3.30. The zero-order valence-corrected chi connectivity index (χ0v) is 19.7. The number of ether oxygens (including phenoxy) is 1. The molecule has 0 aromatic heterocycles. The zero-order valence-electron chi connectivity index (χ0n) is 19.7. The van der Waals surface area contributed by atoms with Crippen molar-refractivity contribution in [2.45, 2.75) is 57.3 Å². The number of hydrogen-bond acceptors (Lipinski definition) is 3. The number of hydrogen-bond donors (Lipinski definition) is 1. The molecule has 0 radical (unpaired) electrons. The maximum Gasteiger partial charge on any atom is 0.260 e. The largest absolute Gasteiger partial charge is 0.484 e. The van der Waals surface area contributed by atoms with Gasteiger partial charge in [-0.3, -0.25) is 9.59 Å². The SMILES string of the molecule is Cc1cccc(C2(CNC(=O)C3CCN(C(=O)COc4ccccc4)CC3)CCCCC2)c1. The molecule has 1 aliphatic heterocycles. The van der Waals surface area contributed by atoms with Crippen LogP contribution in [0.2, 0.25) is 0 Å². The van der Waals surface area contributed by atoms with Crippen LogP contribution in [0.1, 0.15) is 56.1 Å². The Hall–Kier alpha value is -2.82. The number of nitrogens with one attached hydrogen (secondary N) is 1. The summed E-state index contributed by atoms with van der Waals surface area (Å²) < 4.78 is 5.59. The van der Waals surface area contributed by atoms with Crippen molar-refractivity contribution in [1.29, 1.82) is 0 Å². The highest BCUT2D eigenvalue weighted by Crippen LogP contribution is 2.39. The Morgan fingerprint density at radius 2 is 1.73 bits per heavy atom. The lowest BCUT2D eigenvalue weighted by Gasteiger charge is -2.39. The molecule has 0 unspecified atom stereocenters. The molecule has 176 valence electrons. The van der Waals surface area contributed by atoms with Gasteiger partial charge in [0, 0.05) is 31.0 Å². The average molecular weight is 449 g/mol. The minimum Gasteiger partial charge on any atom is -0.484 e. The van der Waals surface area contributed by atoms with Crippen LogP contribution in [0.5, 0.6) is 5.75 Å². The Morgan fingerprint density at radius 3 is 2.42 bits per heavy atom. The number of nitrogens with zero attached hydrogens (tertiary/aromatic N) is 1. The lowest BCUT2D eigenvalue weighted by molar-refractivity contribution is -0.137. The van der Waals surface area contributed by atoms with Crippen molar-refractivity contribution in [3.63, 3.8) is 0 Å². The van der Waals surface area contributed by atoms with Crippen LogP contribution in [0.15, 0.2) is 54.6 Å². The Labute approximate surface area is 197 Å². The van der Waals surface area contributed by atoms with Crippen LogP contribution in [-0.2, 0) is 15.0 Å². The van der Waals surface area contributed by atoms with E-state index in [4.69, 9.17) is 4.74 Å². The number of carbonyl (C=O) groups is 2. The first-order valence-electron chi connectivity index (χ1n) is 12.4. The Balaban J connectivity index is 1.27. The summed E-state index contributed by atoms with van der Waals surface area (Å²) >= 11 is 0. The first kappa shape index (κ1) is 23.3. The van der Waals surface area contributed by atoms with Crippen LogP contribution < -0.4 is 10.1 Å². The molecule has 0 atom stereocenters. The van der Waals surface area contributed by atoms with Crippen LogP contribution >= 0.6 is 0 Å². The van der Waals surface area contributed by atoms with Crippen molar-refractivity contribution in [2.24, 2.45) is 5.92 Å². The Morgan fingerprint density at radius 1 is 1.00 bits per heavy atom. The fraction of sp³-hybridized carbons (Fsp3) is 0.500. The molecule has 1 saturated carbocycles. The van der Waals surface area contributed by atoms with Gasteiger partial charge in [0.25, 0.3) is 5.91 Å². The number of likely N-dealkylation sites (tertiary alicyclic amines) is 1. The van der Waals surface area contributed by atoms with E-state index < -0.39 is 0 Å². The molecular weight excluding hydrogens is 412 g/mol. The lowest BCUT2D eigenvalue weighted by Crippen LogP contribution is -2.47. The van der Waals surface area contributed by atoms with Crippen molar-refractivity contribution in [1.82, 2.24) is 10.2 Å². The summed E-state index contributed by atoms with van der Waals surface area (Å²) in [7, 11) is 0. The van der Waals surface area contributed by atoms with Gasteiger partial charge in [-0.25, -0.2) is 0 Å². The molecule has 0 bridgehead atoms. The number of amides is 2. The maximum absolute atomic E-state index is 13.0. The van der Waals surface area contributed by atoms with E-state index in [-0.39, 0.29) is 29.8 Å². The zero-order chi connectivity index (χ0) is 23.1. The third kappa shape index (κ3) is 5.95. The second-order valence-corrected chi connectivity index (χ2v) is 9.69. The van der Waals surface area contributed by atoms with Gasteiger partial charge in [0.2, 0.25) is 5.91 Å². The van der Waals surface area contributed by atoms with E-state index in [1.165, 1.54) is 30.4 Å². The number of aryl methyl sites for hydroxylation is 1. The van der Waals surface area contributed by atoms with E-state index in [1.54, 1.807) is 0 Å². The van der Waals surface area contributed by atoms with Crippen LogP contribution in [0.25, 0.3) is 0 Å². The summed E-state index contributed by atoms with van der Waals surface area (Å²) in [4.78, 5) is 27.4. The minimum atomic E-state index is -0.0257. The molecule has 5 nitrogen and oxygen atoms in total. The molecular formula is C28H36N2O3. The van der Waals surface area contributed by atoms with Crippen LogP contribution in [0.4, 0.5) is 0 Å². The van der Waals surface area contributed by atoms with E-state index in [2.05, 4.69) is 36.5 Å². The van der Waals surface area contributed by atoms with E-state index in [0.717, 1.165) is 12.8 Å². The predicted molar refractivity (Wildman–Crippen MR) is 130 cm³/mol. The second kappa shape index (κ2) is 10.9. The van der Waals surface area contributed by atoms with Gasteiger partial charge in [0.15, 0.2) is 6.61 Å².